The van der Waals surface area contributed by atoms with E-state index in [-0.39, 0.29) is 11.9 Å². The third-order valence-corrected chi connectivity index (χ3v) is 4.04. The zero-order valence-corrected chi connectivity index (χ0v) is 13.7. The van der Waals surface area contributed by atoms with Gasteiger partial charge in [0.15, 0.2) is 0 Å². The molecule has 0 spiro atoms. The van der Waals surface area contributed by atoms with Gasteiger partial charge in [0.25, 0.3) is 0 Å². The average molecular weight is 357 g/mol. The van der Waals surface area contributed by atoms with Gasteiger partial charge in [0.1, 0.15) is 0 Å². The second-order valence-electron chi connectivity index (χ2n) is 5.57. The first-order valence-electron chi connectivity index (χ1n) is 7.61. The second kappa shape index (κ2) is 6.48. The van der Waals surface area contributed by atoms with E-state index in [1.807, 2.05) is 0 Å². The van der Waals surface area contributed by atoms with Gasteiger partial charge >= 0.3 is 6.03 Å². The van der Waals surface area contributed by atoms with E-state index in [4.69, 9.17) is 16.1 Å². The summed E-state index contributed by atoms with van der Waals surface area (Å²) in [5.41, 5.74) is 0.655. The van der Waals surface area contributed by atoms with Crippen LogP contribution in [0.15, 0.2) is 47.2 Å². The topological polar surface area (TPSA) is 97.0 Å². The van der Waals surface area contributed by atoms with Crippen LogP contribution >= 0.6 is 11.6 Å². The number of benzene rings is 1. The molecule has 2 aromatic heterocycles. The highest BCUT2D eigenvalue weighted by atomic mass is 35.5. The molecule has 2 amide bonds. The molecule has 1 aromatic carbocycles. The molecule has 3 aromatic rings. The van der Waals surface area contributed by atoms with Crippen molar-refractivity contribution >= 4 is 23.3 Å². The van der Waals surface area contributed by atoms with Gasteiger partial charge in [0.05, 0.1) is 5.92 Å². The molecular formula is C16H13ClN6O2. The molecule has 0 atom stereocenters. The standard InChI is InChI=1S/C16H13ClN6O2/c17-11-3-1-4-12(7-11)20-16(24)23-8-10(9-23)15-21-14(22-25-15)13-18-5-2-6-19-13/h1-7,10H,8-9H2,(H,20,24). The quantitative estimate of drug-likeness (QED) is 0.775. The van der Waals surface area contributed by atoms with Gasteiger partial charge in [-0.15, -0.1) is 0 Å². The first-order valence-corrected chi connectivity index (χ1v) is 7.99. The molecular weight excluding hydrogens is 344 g/mol. The van der Waals surface area contributed by atoms with E-state index < -0.39 is 0 Å². The lowest BCUT2D eigenvalue weighted by Gasteiger charge is -2.36. The predicted octanol–water partition coefficient (Wildman–Crippen LogP) is 2.81. The van der Waals surface area contributed by atoms with Crippen LogP contribution in [0.3, 0.4) is 0 Å². The van der Waals surface area contributed by atoms with Crippen molar-refractivity contribution in [1.29, 1.82) is 0 Å². The Kier molecular flexibility index (Phi) is 4.02. The summed E-state index contributed by atoms with van der Waals surface area (Å²) < 4.78 is 5.27. The summed E-state index contributed by atoms with van der Waals surface area (Å²) in [5.74, 6) is 1.24. The molecule has 1 fully saturated rings. The van der Waals surface area contributed by atoms with E-state index in [2.05, 4.69) is 25.4 Å². The van der Waals surface area contributed by atoms with Crippen molar-refractivity contribution in [3.05, 3.63) is 53.6 Å². The number of urea groups is 1. The Bertz CT molecular complexity index is 894. The normalized spacial score (nSPS) is 14.2. The third-order valence-electron chi connectivity index (χ3n) is 3.80. The summed E-state index contributed by atoms with van der Waals surface area (Å²) in [6.07, 6.45) is 3.23. The Labute approximate surface area is 147 Å². The summed E-state index contributed by atoms with van der Waals surface area (Å²) in [5, 5.41) is 7.27. The molecule has 1 saturated heterocycles. The Morgan fingerprint density at radius 1 is 1.20 bits per heavy atom. The number of rotatable bonds is 3. The molecule has 126 valence electrons. The second-order valence-corrected chi connectivity index (χ2v) is 6.01. The van der Waals surface area contributed by atoms with Gasteiger partial charge in [0, 0.05) is 36.2 Å². The molecule has 1 aliphatic rings. The van der Waals surface area contributed by atoms with E-state index in [1.54, 1.807) is 47.6 Å². The van der Waals surface area contributed by atoms with Gasteiger partial charge < -0.3 is 14.7 Å². The molecule has 4 rings (SSSR count). The van der Waals surface area contributed by atoms with Gasteiger partial charge in [-0.1, -0.05) is 22.8 Å². The number of halogens is 1. The number of hydrogen-bond acceptors (Lipinski definition) is 6. The predicted molar refractivity (Wildman–Crippen MR) is 90.1 cm³/mol. The van der Waals surface area contributed by atoms with E-state index >= 15 is 0 Å². The van der Waals surface area contributed by atoms with E-state index in [1.165, 1.54) is 0 Å². The van der Waals surface area contributed by atoms with Crippen molar-refractivity contribution in [2.24, 2.45) is 0 Å². The third kappa shape index (κ3) is 3.29. The van der Waals surface area contributed by atoms with Crippen LogP contribution in [0.4, 0.5) is 10.5 Å². The average Bonchev–Trinajstić information content (AvgIpc) is 3.04. The Balaban J connectivity index is 1.36. The fourth-order valence-electron chi connectivity index (χ4n) is 2.48. The van der Waals surface area contributed by atoms with Crippen LogP contribution in [0, 0.1) is 0 Å². The van der Waals surface area contributed by atoms with Crippen molar-refractivity contribution in [3.63, 3.8) is 0 Å². The number of hydrogen-bond donors (Lipinski definition) is 1. The molecule has 1 aliphatic heterocycles. The van der Waals surface area contributed by atoms with Crippen molar-refractivity contribution < 1.29 is 9.32 Å². The van der Waals surface area contributed by atoms with Gasteiger partial charge in [-0.05, 0) is 24.3 Å². The zero-order valence-electron chi connectivity index (χ0n) is 13.0. The lowest BCUT2D eigenvalue weighted by atomic mass is 10.0. The highest BCUT2D eigenvalue weighted by Gasteiger charge is 2.36. The fourth-order valence-corrected chi connectivity index (χ4v) is 2.67. The maximum Gasteiger partial charge on any atom is 0.321 e. The number of amides is 2. The molecule has 3 heterocycles. The maximum absolute atomic E-state index is 12.2. The van der Waals surface area contributed by atoms with Crippen molar-refractivity contribution in [3.8, 4) is 11.6 Å². The number of anilines is 1. The van der Waals surface area contributed by atoms with E-state index in [9.17, 15) is 4.79 Å². The molecule has 0 unspecified atom stereocenters. The summed E-state index contributed by atoms with van der Waals surface area (Å²) in [6.45, 7) is 1.01. The molecule has 8 nitrogen and oxygen atoms in total. The molecule has 25 heavy (non-hydrogen) atoms. The Morgan fingerprint density at radius 3 is 2.76 bits per heavy atom. The minimum Gasteiger partial charge on any atom is -0.338 e. The molecule has 0 aliphatic carbocycles. The lowest BCUT2D eigenvalue weighted by molar-refractivity contribution is 0.147. The lowest BCUT2D eigenvalue weighted by Crippen LogP contribution is -2.50. The number of likely N-dealkylation sites (tertiary alicyclic amines) is 1. The molecule has 1 N–H and O–H groups in total. The summed E-state index contributed by atoms with van der Waals surface area (Å²) in [7, 11) is 0. The maximum atomic E-state index is 12.2. The summed E-state index contributed by atoms with van der Waals surface area (Å²) in [6, 6.07) is 8.53. The smallest absolute Gasteiger partial charge is 0.321 e. The van der Waals surface area contributed by atoms with Gasteiger partial charge in [-0.25, -0.2) is 14.8 Å². The van der Waals surface area contributed by atoms with Gasteiger partial charge in [-0.2, -0.15) is 4.98 Å². The molecule has 0 saturated carbocycles. The van der Waals surface area contributed by atoms with E-state index in [0.29, 0.717) is 41.3 Å². The van der Waals surface area contributed by atoms with Gasteiger partial charge in [0.2, 0.25) is 17.5 Å². The Morgan fingerprint density at radius 2 is 2.00 bits per heavy atom. The van der Waals surface area contributed by atoms with Crippen LogP contribution in [0.1, 0.15) is 11.8 Å². The van der Waals surface area contributed by atoms with Crippen LogP contribution in [0.25, 0.3) is 11.6 Å². The number of carbonyl (C=O) groups excluding carboxylic acids is 1. The van der Waals surface area contributed by atoms with E-state index in [0.717, 1.165) is 0 Å². The molecule has 0 radical (unpaired) electrons. The number of carbonyl (C=O) groups is 1. The number of nitrogens with one attached hydrogen (secondary N) is 1. The first-order chi connectivity index (χ1) is 12.2. The minimum absolute atomic E-state index is 0.00933. The van der Waals surface area contributed by atoms with Crippen molar-refractivity contribution in [1.82, 2.24) is 25.0 Å². The summed E-state index contributed by atoms with van der Waals surface area (Å²) >= 11 is 5.91. The minimum atomic E-state index is -0.190. The van der Waals surface area contributed by atoms with Crippen LogP contribution in [0.5, 0.6) is 0 Å². The number of aromatic nitrogens is 4. The molecule has 9 heteroatoms. The van der Waals surface area contributed by atoms with Crippen molar-refractivity contribution in [2.75, 3.05) is 18.4 Å². The van der Waals surface area contributed by atoms with Crippen molar-refractivity contribution in [2.45, 2.75) is 5.92 Å². The van der Waals surface area contributed by atoms with Crippen LogP contribution < -0.4 is 5.32 Å². The largest absolute Gasteiger partial charge is 0.338 e. The highest BCUT2D eigenvalue weighted by molar-refractivity contribution is 6.30. The first kappa shape index (κ1) is 15.5. The van der Waals surface area contributed by atoms with Crippen LogP contribution in [-0.2, 0) is 0 Å². The molecule has 0 bridgehead atoms. The van der Waals surface area contributed by atoms with Gasteiger partial charge in [-0.3, -0.25) is 0 Å². The Hall–Kier alpha value is -3.00. The van der Waals surface area contributed by atoms with Crippen LogP contribution in [-0.4, -0.2) is 44.1 Å². The van der Waals surface area contributed by atoms with Crippen LogP contribution in [0.2, 0.25) is 5.02 Å². The highest BCUT2D eigenvalue weighted by Crippen LogP contribution is 2.27. The number of nitrogens with zero attached hydrogens (tertiary/aromatic N) is 5. The SMILES string of the molecule is O=C(Nc1cccc(Cl)c1)N1CC(c2nc(-c3ncccn3)no2)C1. The zero-order chi connectivity index (χ0) is 17.2. The monoisotopic (exact) mass is 356 g/mol. The summed E-state index contributed by atoms with van der Waals surface area (Å²) in [4.78, 5) is 26.3. The fraction of sp³-hybridized carbons (Fsp3) is 0.188.